The lowest BCUT2D eigenvalue weighted by molar-refractivity contribution is 0.409. The molecule has 4 rings (SSSR count). The van der Waals surface area contributed by atoms with E-state index in [1.165, 1.54) is 12.8 Å². The highest BCUT2D eigenvalue weighted by molar-refractivity contribution is 5.49. The minimum absolute atomic E-state index is 0.333. The van der Waals surface area contributed by atoms with Gasteiger partial charge in [0, 0.05) is 18.1 Å². The highest BCUT2D eigenvalue weighted by atomic mass is 15.5. The lowest BCUT2D eigenvalue weighted by Gasteiger charge is -2.38. The molecule has 2 aliphatic heterocycles. The van der Waals surface area contributed by atoms with Crippen LogP contribution < -0.4 is 10.6 Å². The van der Waals surface area contributed by atoms with Gasteiger partial charge in [0.05, 0.1) is 12.4 Å². The highest BCUT2D eigenvalue weighted by Gasteiger charge is 2.40. The maximum atomic E-state index is 6.10. The Balaban J connectivity index is 1.81. The van der Waals surface area contributed by atoms with Crippen molar-refractivity contribution in [3.63, 3.8) is 0 Å². The van der Waals surface area contributed by atoms with Crippen molar-refractivity contribution >= 4 is 11.5 Å². The number of nitrogens with two attached hydrogens (primary N) is 1. The third-order valence-corrected chi connectivity index (χ3v) is 4.12. The van der Waals surface area contributed by atoms with Gasteiger partial charge in [0.1, 0.15) is 0 Å². The van der Waals surface area contributed by atoms with Crippen molar-refractivity contribution in [2.45, 2.75) is 43.8 Å². The largest absolute Gasteiger partial charge is 0.349 e. The molecule has 2 fully saturated rings. The van der Waals surface area contributed by atoms with Gasteiger partial charge in [-0.25, -0.2) is 0 Å². The molecule has 2 aromatic rings. The van der Waals surface area contributed by atoms with Crippen molar-refractivity contribution in [2.75, 3.05) is 4.90 Å². The molecule has 18 heavy (non-hydrogen) atoms. The van der Waals surface area contributed by atoms with Crippen LogP contribution in [0.1, 0.15) is 25.7 Å². The minimum Gasteiger partial charge on any atom is -0.349 e. The van der Waals surface area contributed by atoms with E-state index in [4.69, 9.17) is 5.73 Å². The number of nitrogens with zero attached hydrogens (tertiary/aromatic N) is 6. The third kappa shape index (κ3) is 1.34. The predicted molar refractivity (Wildman–Crippen MR) is 65.1 cm³/mol. The first-order chi connectivity index (χ1) is 8.83. The Morgan fingerprint density at radius 1 is 1.17 bits per heavy atom. The quantitative estimate of drug-likeness (QED) is 0.760. The van der Waals surface area contributed by atoms with Gasteiger partial charge >= 0.3 is 0 Å². The van der Waals surface area contributed by atoms with Crippen LogP contribution in [-0.2, 0) is 0 Å². The molecular formula is C11H15N7. The number of fused-ring (bicyclic) bond motifs is 3. The number of hydrogen-bond donors (Lipinski definition) is 1. The van der Waals surface area contributed by atoms with Crippen molar-refractivity contribution in [3.8, 4) is 0 Å². The highest BCUT2D eigenvalue weighted by Crippen LogP contribution is 2.38. The maximum Gasteiger partial charge on any atom is 0.199 e. The van der Waals surface area contributed by atoms with Gasteiger partial charge in [0.15, 0.2) is 11.5 Å². The number of piperidine rings is 1. The Morgan fingerprint density at radius 2 is 1.94 bits per heavy atom. The van der Waals surface area contributed by atoms with Crippen molar-refractivity contribution in [1.29, 1.82) is 0 Å². The minimum atomic E-state index is 0.333. The van der Waals surface area contributed by atoms with Gasteiger partial charge in [-0.1, -0.05) is 0 Å². The van der Waals surface area contributed by atoms with E-state index in [0.717, 1.165) is 18.7 Å². The molecule has 7 nitrogen and oxygen atoms in total. The molecule has 0 radical (unpaired) electrons. The van der Waals surface area contributed by atoms with E-state index in [-0.39, 0.29) is 0 Å². The van der Waals surface area contributed by atoms with E-state index in [1.54, 1.807) is 10.7 Å². The topological polar surface area (TPSA) is 85.2 Å². The molecule has 7 heteroatoms. The summed E-state index contributed by atoms with van der Waals surface area (Å²) in [5.74, 6) is 0.997. The monoisotopic (exact) mass is 245 g/mol. The fourth-order valence-corrected chi connectivity index (χ4v) is 3.43. The Hall–Kier alpha value is -1.76. The number of hydrogen-bond acceptors (Lipinski definition) is 6. The smallest absolute Gasteiger partial charge is 0.199 e. The van der Waals surface area contributed by atoms with E-state index in [9.17, 15) is 0 Å². The molecule has 0 aliphatic carbocycles. The van der Waals surface area contributed by atoms with Gasteiger partial charge in [-0.05, 0) is 36.1 Å². The molecule has 0 amide bonds. The van der Waals surface area contributed by atoms with Crippen LogP contribution in [0.5, 0.6) is 0 Å². The van der Waals surface area contributed by atoms with Crippen LogP contribution in [0.15, 0.2) is 12.4 Å². The fourth-order valence-electron chi connectivity index (χ4n) is 3.43. The molecule has 2 aliphatic rings. The Bertz CT molecular complexity index is 566. The molecule has 0 spiro atoms. The number of anilines is 1. The first-order valence-corrected chi connectivity index (χ1v) is 6.39. The normalized spacial score (nSPS) is 31.2. The molecule has 2 N–H and O–H groups in total. The van der Waals surface area contributed by atoms with Crippen LogP contribution in [0, 0.1) is 0 Å². The SMILES string of the molecule is NC1CC2CCC(C1)N2c1cncc2nnnn12. The average Bonchev–Trinajstić information content (AvgIpc) is 2.92. The summed E-state index contributed by atoms with van der Waals surface area (Å²) in [7, 11) is 0. The van der Waals surface area contributed by atoms with Crippen LogP contribution in [0.4, 0.5) is 5.82 Å². The predicted octanol–water partition coefficient (Wildman–Crippen LogP) is -0.0222. The van der Waals surface area contributed by atoms with Crippen molar-refractivity contribution in [2.24, 2.45) is 5.73 Å². The fraction of sp³-hybridized carbons (Fsp3) is 0.636. The number of aromatic nitrogens is 5. The maximum absolute atomic E-state index is 6.10. The van der Waals surface area contributed by atoms with Crippen LogP contribution in [-0.4, -0.2) is 43.2 Å². The van der Waals surface area contributed by atoms with E-state index in [1.807, 2.05) is 6.20 Å². The zero-order valence-corrected chi connectivity index (χ0v) is 9.98. The second kappa shape index (κ2) is 3.61. The molecule has 2 aromatic heterocycles. The molecule has 0 aromatic carbocycles. The van der Waals surface area contributed by atoms with E-state index >= 15 is 0 Å². The first kappa shape index (κ1) is 10.2. The van der Waals surface area contributed by atoms with Crippen molar-refractivity contribution in [1.82, 2.24) is 25.0 Å². The zero-order chi connectivity index (χ0) is 12.1. The Kier molecular flexibility index (Phi) is 2.05. The van der Waals surface area contributed by atoms with Crippen molar-refractivity contribution in [3.05, 3.63) is 12.4 Å². The van der Waals surface area contributed by atoms with Crippen molar-refractivity contribution < 1.29 is 0 Å². The Morgan fingerprint density at radius 3 is 2.72 bits per heavy atom. The molecule has 2 atom stereocenters. The molecule has 2 unspecified atom stereocenters. The van der Waals surface area contributed by atoms with Gasteiger partial charge in [0.2, 0.25) is 0 Å². The van der Waals surface area contributed by atoms with Gasteiger partial charge in [-0.2, -0.15) is 4.52 Å². The zero-order valence-electron chi connectivity index (χ0n) is 9.98. The van der Waals surface area contributed by atoms with E-state index in [0.29, 0.717) is 23.8 Å². The summed E-state index contributed by atoms with van der Waals surface area (Å²) in [5.41, 5.74) is 6.80. The number of rotatable bonds is 1. The summed E-state index contributed by atoms with van der Waals surface area (Å²) in [6, 6.07) is 1.35. The van der Waals surface area contributed by atoms with Gasteiger partial charge in [0.25, 0.3) is 0 Å². The summed E-state index contributed by atoms with van der Waals surface area (Å²) >= 11 is 0. The molecule has 4 heterocycles. The summed E-state index contributed by atoms with van der Waals surface area (Å²) in [6.45, 7) is 0. The second-order valence-corrected chi connectivity index (χ2v) is 5.24. The molecular weight excluding hydrogens is 230 g/mol. The molecule has 94 valence electrons. The van der Waals surface area contributed by atoms with Gasteiger partial charge < -0.3 is 10.6 Å². The summed E-state index contributed by atoms with van der Waals surface area (Å²) < 4.78 is 1.77. The van der Waals surface area contributed by atoms with Crippen LogP contribution in [0.3, 0.4) is 0 Å². The average molecular weight is 245 g/mol. The van der Waals surface area contributed by atoms with E-state index < -0.39 is 0 Å². The summed E-state index contributed by atoms with van der Waals surface area (Å²) in [5, 5.41) is 11.7. The lowest BCUT2D eigenvalue weighted by Crippen LogP contribution is -2.48. The first-order valence-electron chi connectivity index (χ1n) is 6.39. The van der Waals surface area contributed by atoms with E-state index in [2.05, 4.69) is 25.4 Å². The summed E-state index contributed by atoms with van der Waals surface area (Å²) in [6.07, 6.45) is 8.05. The molecule has 0 saturated carbocycles. The molecule has 2 saturated heterocycles. The van der Waals surface area contributed by atoms with Crippen LogP contribution >= 0.6 is 0 Å². The van der Waals surface area contributed by atoms with Crippen LogP contribution in [0.25, 0.3) is 5.65 Å². The third-order valence-electron chi connectivity index (χ3n) is 4.12. The van der Waals surface area contributed by atoms with Gasteiger partial charge in [-0.3, -0.25) is 4.98 Å². The second-order valence-electron chi connectivity index (χ2n) is 5.24. The summed E-state index contributed by atoms with van der Waals surface area (Å²) in [4.78, 5) is 6.66. The number of tetrazole rings is 1. The van der Waals surface area contributed by atoms with Gasteiger partial charge in [-0.15, -0.1) is 5.10 Å². The molecule has 2 bridgehead atoms. The van der Waals surface area contributed by atoms with Crippen LogP contribution in [0.2, 0.25) is 0 Å². The Labute approximate surface area is 104 Å². The standard InChI is InChI=1S/C11H15N7/c12-7-3-8-1-2-9(4-7)17(8)11-6-13-5-10-14-15-16-18(10)11/h5-9H,1-4,12H2. The lowest BCUT2D eigenvalue weighted by atomic mass is 9.98.